The SMILES string of the molecule is Cc1cc(C(=O)N(C)CC2CCCCC2)ccc1Br. The summed E-state index contributed by atoms with van der Waals surface area (Å²) in [5.74, 6) is 0.834. The van der Waals surface area contributed by atoms with Crippen LogP contribution in [0.3, 0.4) is 0 Å². The number of carbonyl (C=O) groups is 1. The van der Waals surface area contributed by atoms with Crippen LogP contribution in [-0.2, 0) is 0 Å². The fourth-order valence-electron chi connectivity index (χ4n) is 2.84. The Morgan fingerprint density at radius 3 is 2.63 bits per heavy atom. The van der Waals surface area contributed by atoms with Crippen molar-refractivity contribution in [3.05, 3.63) is 33.8 Å². The summed E-state index contributed by atoms with van der Waals surface area (Å²) in [7, 11) is 1.92. The van der Waals surface area contributed by atoms with E-state index in [4.69, 9.17) is 0 Å². The van der Waals surface area contributed by atoms with Gasteiger partial charge in [-0.15, -0.1) is 0 Å². The Morgan fingerprint density at radius 2 is 2.00 bits per heavy atom. The van der Waals surface area contributed by atoms with Crippen LogP contribution in [0.2, 0.25) is 0 Å². The second kappa shape index (κ2) is 6.56. The Balaban J connectivity index is 1.99. The summed E-state index contributed by atoms with van der Waals surface area (Å²) < 4.78 is 1.05. The van der Waals surface area contributed by atoms with E-state index in [1.54, 1.807) is 0 Å². The second-order valence-electron chi connectivity index (χ2n) is 5.65. The molecule has 1 amide bonds. The van der Waals surface area contributed by atoms with Crippen molar-refractivity contribution < 1.29 is 4.79 Å². The molecule has 104 valence electrons. The molecule has 1 saturated carbocycles. The summed E-state index contributed by atoms with van der Waals surface area (Å²) in [6.45, 7) is 2.91. The number of benzene rings is 1. The number of hydrogen-bond donors (Lipinski definition) is 0. The van der Waals surface area contributed by atoms with Crippen LogP contribution in [0.4, 0.5) is 0 Å². The molecule has 0 atom stereocenters. The van der Waals surface area contributed by atoms with Crippen molar-refractivity contribution in [3.63, 3.8) is 0 Å². The molecule has 0 N–H and O–H groups in total. The molecular formula is C16H22BrNO. The van der Waals surface area contributed by atoms with Crippen LogP contribution in [-0.4, -0.2) is 24.4 Å². The first kappa shape index (κ1) is 14.6. The molecule has 2 nitrogen and oxygen atoms in total. The van der Waals surface area contributed by atoms with Gasteiger partial charge in [0, 0.05) is 23.6 Å². The normalized spacial score (nSPS) is 16.4. The molecule has 0 heterocycles. The standard InChI is InChI=1S/C16H22BrNO/c1-12-10-14(8-9-15(12)17)16(19)18(2)11-13-6-4-3-5-7-13/h8-10,13H,3-7,11H2,1-2H3. The molecule has 1 aliphatic carbocycles. The van der Waals surface area contributed by atoms with Gasteiger partial charge in [-0.2, -0.15) is 0 Å². The summed E-state index contributed by atoms with van der Waals surface area (Å²) >= 11 is 3.47. The summed E-state index contributed by atoms with van der Waals surface area (Å²) in [5.41, 5.74) is 1.90. The monoisotopic (exact) mass is 323 g/mol. The van der Waals surface area contributed by atoms with E-state index < -0.39 is 0 Å². The molecule has 0 bridgehead atoms. The average molecular weight is 324 g/mol. The zero-order chi connectivity index (χ0) is 13.8. The summed E-state index contributed by atoms with van der Waals surface area (Å²) in [4.78, 5) is 14.3. The minimum atomic E-state index is 0.140. The molecule has 19 heavy (non-hydrogen) atoms. The Labute approximate surface area is 124 Å². The molecule has 0 aromatic heterocycles. The number of hydrogen-bond acceptors (Lipinski definition) is 1. The Bertz CT molecular complexity index is 452. The van der Waals surface area contributed by atoms with E-state index in [-0.39, 0.29) is 5.91 Å². The molecule has 0 unspecified atom stereocenters. The van der Waals surface area contributed by atoms with Gasteiger partial charge < -0.3 is 4.90 Å². The van der Waals surface area contributed by atoms with E-state index in [1.807, 2.05) is 37.1 Å². The fraction of sp³-hybridized carbons (Fsp3) is 0.562. The zero-order valence-electron chi connectivity index (χ0n) is 11.8. The minimum absolute atomic E-state index is 0.140. The number of carbonyl (C=O) groups excluding carboxylic acids is 1. The van der Waals surface area contributed by atoms with Crippen molar-refractivity contribution in [1.82, 2.24) is 4.90 Å². The second-order valence-corrected chi connectivity index (χ2v) is 6.51. The quantitative estimate of drug-likeness (QED) is 0.806. The van der Waals surface area contributed by atoms with E-state index in [9.17, 15) is 4.79 Å². The first-order chi connectivity index (χ1) is 9.08. The van der Waals surface area contributed by atoms with E-state index in [2.05, 4.69) is 15.9 Å². The van der Waals surface area contributed by atoms with Gasteiger partial charge >= 0.3 is 0 Å². The first-order valence-electron chi connectivity index (χ1n) is 7.09. The third-order valence-electron chi connectivity index (χ3n) is 4.01. The van der Waals surface area contributed by atoms with Gasteiger partial charge in [-0.25, -0.2) is 0 Å². The lowest BCUT2D eigenvalue weighted by Crippen LogP contribution is -2.32. The molecule has 3 heteroatoms. The fourth-order valence-corrected chi connectivity index (χ4v) is 3.08. The highest BCUT2D eigenvalue weighted by Crippen LogP contribution is 2.25. The lowest BCUT2D eigenvalue weighted by Gasteiger charge is -2.27. The van der Waals surface area contributed by atoms with Crippen LogP contribution < -0.4 is 0 Å². The zero-order valence-corrected chi connectivity index (χ0v) is 13.4. The third-order valence-corrected chi connectivity index (χ3v) is 4.90. The highest BCUT2D eigenvalue weighted by Gasteiger charge is 2.19. The molecule has 1 aromatic rings. The van der Waals surface area contributed by atoms with E-state index in [0.29, 0.717) is 5.92 Å². The van der Waals surface area contributed by atoms with E-state index in [1.165, 1.54) is 32.1 Å². The summed E-state index contributed by atoms with van der Waals surface area (Å²) in [6.07, 6.45) is 6.56. The van der Waals surface area contributed by atoms with Crippen LogP contribution in [0, 0.1) is 12.8 Å². The Morgan fingerprint density at radius 1 is 1.32 bits per heavy atom. The van der Waals surface area contributed by atoms with Crippen LogP contribution in [0.25, 0.3) is 0 Å². The van der Waals surface area contributed by atoms with Crippen molar-refractivity contribution in [3.8, 4) is 0 Å². The number of nitrogens with zero attached hydrogens (tertiary/aromatic N) is 1. The molecule has 0 saturated heterocycles. The van der Waals surface area contributed by atoms with Gasteiger partial charge in [0.15, 0.2) is 0 Å². The molecule has 0 aliphatic heterocycles. The molecule has 1 aromatic carbocycles. The van der Waals surface area contributed by atoms with Gasteiger partial charge in [0.1, 0.15) is 0 Å². The van der Waals surface area contributed by atoms with Gasteiger partial charge in [-0.3, -0.25) is 4.79 Å². The van der Waals surface area contributed by atoms with Gasteiger partial charge in [-0.1, -0.05) is 35.2 Å². The van der Waals surface area contributed by atoms with Crippen LogP contribution in [0.5, 0.6) is 0 Å². The maximum atomic E-state index is 12.4. The predicted octanol–water partition coefficient (Wildman–Crippen LogP) is 4.41. The number of rotatable bonds is 3. The number of amides is 1. The van der Waals surface area contributed by atoms with Crippen molar-refractivity contribution in [2.75, 3.05) is 13.6 Å². The van der Waals surface area contributed by atoms with Crippen molar-refractivity contribution >= 4 is 21.8 Å². The first-order valence-corrected chi connectivity index (χ1v) is 7.89. The Hall–Kier alpha value is -0.830. The van der Waals surface area contributed by atoms with Gasteiger partial charge in [0.25, 0.3) is 5.91 Å². The highest BCUT2D eigenvalue weighted by molar-refractivity contribution is 9.10. The lowest BCUT2D eigenvalue weighted by molar-refractivity contribution is 0.0760. The predicted molar refractivity (Wildman–Crippen MR) is 82.4 cm³/mol. The number of aryl methyl sites for hydroxylation is 1. The van der Waals surface area contributed by atoms with Gasteiger partial charge in [-0.05, 0) is 49.4 Å². The third kappa shape index (κ3) is 3.82. The molecule has 0 radical (unpaired) electrons. The van der Waals surface area contributed by atoms with Crippen molar-refractivity contribution in [2.45, 2.75) is 39.0 Å². The van der Waals surface area contributed by atoms with Crippen LogP contribution in [0.15, 0.2) is 22.7 Å². The Kier molecular flexibility index (Phi) is 5.03. The molecule has 0 spiro atoms. The molecule has 1 fully saturated rings. The topological polar surface area (TPSA) is 20.3 Å². The maximum Gasteiger partial charge on any atom is 0.253 e. The largest absolute Gasteiger partial charge is 0.341 e. The van der Waals surface area contributed by atoms with E-state index in [0.717, 1.165) is 22.1 Å². The summed E-state index contributed by atoms with van der Waals surface area (Å²) in [5, 5.41) is 0. The van der Waals surface area contributed by atoms with Crippen LogP contribution in [0.1, 0.15) is 48.0 Å². The number of halogens is 1. The average Bonchev–Trinajstić information content (AvgIpc) is 2.42. The van der Waals surface area contributed by atoms with Crippen molar-refractivity contribution in [2.24, 2.45) is 5.92 Å². The van der Waals surface area contributed by atoms with Gasteiger partial charge in [0.2, 0.25) is 0 Å². The van der Waals surface area contributed by atoms with E-state index >= 15 is 0 Å². The minimum Gasteiger partial charge on any atom is -0.341 e. The summed E-state index contributed by atoms with van der Waals surface area (Å²) in [6, 6.07) is 5.82. The molecule has 1 aliphatic rings. The molecular weight excluding hydrogens is 302 g/mol. The maximum absolute atomic E-state index is 12.4. The molecule has 2 rings (SSSR count). The van der Waals surface area contributed by atoms with Crippen molar-refractivity contribution in [1.29, 1.82) is 0 Å². The van der Waals surface area contributed by atoms with Gasteiger partial charge in [0.05, 0.1) is 0 Å². The highest BCUT2D eigenvalue weighted by atomic mass is 79.9. The van der Waals surface area contributed by atoms with Crippen LogP contribution >= 0.6 is 15.9 Å². The lowest BCUT2D eigenvalue weighted by atomic mass is 9.89. The smallest absolute Gasteiger partial charge is 0.253 e.